The zero-order chi connectivity index (χ0) is 23.8. The molecule has 0 unspecified atom stereocenters. The first-order valence-corrected chi connectivity index (χ1v) is 11.4. The average molecular weight is 476 g/mol. The molecule has 8 heteroatoms. The summed E-state index contributed by atoms with van der Waals surface area (Å²) in [6.45, 7) is 0.502. The van der Waals surface area contributed by atoms with E-state index in [2.05, 4.69) is 22.0 Å². The highest BCUT2D eigenvalue weighted by atomic mass is 35.5. The first-order valence-electron chi connectivity index (χ1n) is 11.0. The van der Waals surface area contributed by atoms with Gasteiger partial charge in [-0.15, -0.1) is 0 Å². The second-order valence-electron chi connectivity index (χ2n) is 9.18. The number of aromatic nitrogens is 1. The van der Waals surface area contributed by atoms with Gasteiger partial charge in [-0.3, -0.25) is 0 Å². The minimum atomic E-state index is -1.89. The number of rotatable bonds is 2. The number of benzene rings is 2. The number of halogens is 1. The third kappa shape index (κ3) is 2.45. The van der Waals surface area contributed by atoms with Gasteiger partial charge in [-0.2, -0.15) is 5.26 Å². The summed E-state index contributed by atoms with van der Waals surface area (Å²) in [5, 5.41) is 34.0. The third-order valence-electron chi connectivity index (χ3n) is 7.63. The topological polar surface area (TPSA) is 98.8 Å². The molecule has 0 saturated heterocycles. The van der Waals surface area contributed by atoms with Crippen molar-refractivity contribution in [2.75, 3.05) is 25.6 Å². The number of aliphatic hydroxyl groups is 2. The van der Waals surface area contributed by atoms with Gasteiger partial charge in [0, 0.05) is 37.2 Å². The van der Waals surface area contributed by atoms with E-state index < -0.39 is 23.2 Å². The Bertz CT molecular complexity index is 1360. The Balaban J connectivity index is 1.70. The van der Waals surface area contributed by atoms with E-state index >= 15 is 0 Å². The fraction of sp³-hybridized carbons (Fsp3) is 0.308. The fourth-order valence-corrected chi connectivity index (χ4v) is 6.44. The van der Waals surface area contributed by atoms with Gasteiger partial charge in [0.1, 0.15) is 10.9 Å². The van der Waals surface area contributed by atoms with Crippen LogP contribution in [0.25, 0.3) is 0 Å². The summed E-state index contributed by atoms with van der Waals surface area (Å²) < 4.78 is 12.2. The fourth-order valence-electron chi connectivity index (χ4n) is 6.26. The van der Waals surface area contributed by atoms with Gasteiger partial charge in [-0.05, 0) is 35.4 Å². The molecule has 2 aliphatic heterocycles. The van der Waals surface area contributed by atoms with E-state index in [4.69, 9.17) is 21.1 Å². The van der Waals surface area contributed by atoms with E-state index in [1.54, 1.807) is 30.3 Å². The third-order valence-corrected chi connectivity index (χ3v) is 7.82. The first kappa shape index (κ1) is 21.2. The minimum absolute atomic E-state index is 0.109. The Morgan fingerprint density at radius 2 is 2.00 bits per heavy atom. The molecule has 1 aromatic heterocycles. The van der Waals surface area contributed by atoms with E-state index in [-0.39, 0.29) is 22.5 Å². The largest absolute Gasteiger partial charge is 0.481 e. The molecule has 2 aromatic carbocycles. The lowest BCUT2D eigenvalue weighted by molar-refractivity contribution is -0.152. The smallest absolute Gasteiger partial charge is 0.224 e. The van der Waals surface area contributed by atoms with E-state index in [1.165, 1.54) is 7.11 Å². The molecular formula is C26H22ClN3O4. The molecule has 0 radical (unpaired) electrons. The molecule has 1 saturated carbocycles. The van der Waals surface area contributed by atoms with Gasteiger partial charge in [0.05, 0.1) is 30.4 Å². The Labute approximate surface area is 201 Å². The predicted octanol–water partition coefficient (Wildman–Crippen LogP) is 3.32. The Morgan fingerprint density at radius 1 is 1.24 bits per heavy atom. The van der Waals surface area contributed by atoms with E-state index in [9.17, 15) is 15.5 Å². The van der Waals surface area contributed by atoms with Crippen molar-refractivity contribution in [1.29, 1.82) is 5.26 Å². The van der Waals surface area contributed by atoms with Crippen LogP contribution in [0.3, 0.4) is 0 Å². The van der Waals surface area contributed by atoms with Crippen molar-refractivity contribution in [3.63, 3.8) is 0 Å². The van der Waals surface area contributed by atoms with Gasteiger partial charge >= 0.3 is 0 Å². The number of pyridine rings is 1. The summed E-state index contributed by atoms with van der Waals surface area (Å²) in [6, 6.07) is 18.7. The quantitative estimate of drug-likeness (QED) is 0.548. The summed E-state index contributed by atoms with van der Waals surface area (Å²) in [4.78, 5) is 6.35. The zero-order valence-corrected chi connectivity index (χ0v) is 19.3. The highest BCUT2D eigenvalue weighted by molar-refractivity contribution is 6.29. The number of ether oxygens (including phenoxy) is 2. The van der Waals surface area contributed by atoms with Crippen LogP contribution < -0.4 is 14.4 Å². The summed E-state index contributed by atoms with van der Waals surface area (Å²) in [7, 11) is 3.41. The second kappa shape index (κ2) is 7.09. The lowest BCUT2D eigenvalue weighted by atomic mass is 9.71. The number of fused-ring (bicyclic) bond motifs is 8. The summed E-state index contributed by atoms with van der Waals surface area (Å²) in [5.41, 5.74) is 0.0828. The normalized spacial score (nSPS) is 30.5. The maximum atomic E-state index is 12.6. The molecule has 1 aliphatic carbocycles. The van der Waals surface area contributed by atoms with Crippen LogP contribution in [-0.4, -0.2) is 42.0 Å². The van der Waals surface area contributed by atoms with Gasteiger partial charge in [0.2, 0.25) is 5.88 Å². The van der Waals surface area contributed by atoms with Gasteiger partial charge in [0.15, 0.2) is 11.2 Å². The molecule has 6 rings (SSSR count). The lowest BCUT2D eigenvalue weighted by Crippen LogP contribution is -2.52. The molecule has 5 atom stereocenters. The number of nitrogens with zero attached hydrogens (tertiary/aromatic N) is 3. The van der Waals surface area contributed by atoms with Crippen molar-refractivity contribution in [3.8, 4) is 17.7 Å². The monoisotopic (exact) mass is 475 g/mol. The maximum Gasteiger partial charge on any atom is 0.224 e. The van der Waals surface area contributed by atoms with Crippen LogP contribution in [0.2, 0.25) is 5.15 Å². The summed E-state index contributed by atoms with van der Waals surface area (Å²) >= 11 is 6.26. The molecule has 172 valence electrons. The van der Waals surface area contributed by atoms with Gasteiger partial charge in [-0.25, -0.2) is 4.98 Å². The molecule has 3 heterocycles. The Kier molecular flexibility index (Phi) is 4.43. The van der Waals surface area contributed by atoms with Crippen molar-refractivity contribution < 1.29 is 19.7 Å². The molecule has 7 nitrogen and oxygen atoms in total. The number of nitriles is 1. The summed E-state index contributed by atoms with van der Waals surface area (Å²) in [5.74, 6) is -0.367. The number of methoxy groups -OCH3 is 1. The van der Waals surface area contributed by atoms with E-state index in [0.29, 0.717) is 23.4 Å². The van der Waals surface area contributed by atoms with Crippen molar-refractivity contribution >= 4 is 17.3 Å². The van der Waals surface area contributed by atoms with Crippen LogP contribution in [-0.2, 0) is 11.2 Å². The Morgan fingerprint density at radius 3 is 2.71 bits per heavy atom. The van der Waals surface area contributed by atoms with Crippen molar-refractivity contribution in [2.24, 2.45) is 5.92 Å². The molecule has 3 aromatic rings. The predicted molar refractivity (Wildman–Crippen MR) is 125 cm³/mol. The molecular weight excluding hydrogens is 454 g/mol. The van der Waals surface area contributed by atoms with E-state index in [0.717, 1.165) is 11.3 Å². The number of hydrogen-bond donors (Lipinski definition) is 2. The zero-order valence-electron chi connectivity index (χ0n) is 18.6. The molecule has 2 N–H and O–H groups in total. The van der Waals surface area contributed by atoms with Crippen molar-refractivity contribution in [1.82, 2.24) is 4.98 Å². The molecule has 1 fully saturated rings. The molecule has 2 bridgehead atoms. The Hall–Kier alpha value is -3.31. The maximum absolute atomic E-state index is 12.6. The number of aliphatic hydroxyl groups excluding tert-OH is 1. The SMILES string of the molecule is COc1nc(Cl)cc2c1[C@]1(O)[C@H](O)[C@@H]3CN(C)c4cccc(c4)[C@H]3[C@]1(c1ccc(C#N)cc1)O2. The highest BCUT2D eigenvalue weighted by Crippen LogP contribution is 2.70. The van der Waals surface area contributed by atoms with E-state index in [1.807, 2.05) is 25.2 Å². The standard InChI is InChI=1S/C26H22ClN3O4/c1-30-13-18-21(15-4-3-5-17(30)10-15)26(16-8-6-14(12-28)7-9-16)25(32,23(18)31)22-19(34-26)11-20(27)29-24(22)33-2/h3-11,18,21,23,31-32H,13H2,1-2H3/t18-,21-,23-,25+,26+/m1/s1. The molecule has 0 amide bonds. The van der Waals surface area contributed by atoms with Crippen molar-refractivity contribution in [2.45, 2.75) is 23.2 Å². The van der Waals surface area contributed by atoms with Crippen LogP contribution >= 0.6 is 11.6 Å². The van der Waals surface area contributed by atoms with Gasteiger partial charge in [-0.1, -0.05) is 35.9 Å². The second-order valence-corrected chi connectivity index (χ2v) is 9.57. The average Bonchev–Trinajstić information content (AvgIpc) is 3.17. The van der Waals surface area contributed by atoms with Crippen LogP contribution in [0.4, 0.5) is 5.69 Å². The van der Waals surface area contributed by atoms with Crippen LogP contribution in [0.5, 0.6) is 11.6 Å². The first-order chi connectivity index (χ1) is 16.3. The highest BCUT2D eigenvalue weighted by Gasteiger charge is 2.77. The minimum Gasteiger partial charge on any atom is -0.481 e. The lowest BCUT2D eigenvalue weighted by Gasteiger charge is -2.40. The van der Waals surface area contributed by atoms with Gasteiger partial charge in [0.25, 0.3) is 0 Å². The van der Waals surface area contributed by atoms with Crippen LogP contribution in [0.15, 0.2) is 54.6 Å². The molecule has 0 spiro atoms. The molecule has 34 heavy (non-hydrogen) atoms. The van der Waals surface area contributed by atoms with Crippen molar-refractivity contribution in [3.05, 3.63) is 82.0 Å². The number of anilines is 1. The molecule has 3 aliphatic rings. The van der Waals surface area contributed by atoms with Gasteiger partial charge < -0.3 is 24.6 Å². The van der Waals surface area contributed by atoms with Crippen LogP contribution in [0.1, 0.15) is 28.2 Å². The number of hydrogen-bond acceptors (Lipinski definition) is 7. The van der Waals surface area contributed by atoms with Crippen LogP contribution in [0, 0.1) is 17.2 Å². The summed E-state index contributed by atoms with van der Waals surface area (Å²) in [6.07, 6.45) is -1.21.